The predicted octanol–water partition coefficient (Wildman–Crippen LogP) is 1.31. The van der Waals surface area contributed by atoms with Gasteiger partial charge < -0.3 is 10.4 Å². The lowest BCUT2D eigenvalue weighted by atomic mass is 10.4. The van der Waals surface area contributed by atoms with Gasteiger partial charge in [0.05, 0.1) is 0 Å². The molecular formula is C9H7ClN2O3. The fourth-order valence-electron chi connectivity index (χ4n) is 0.788. The van der Waals surface area contributed by atoms with Gasteiger partial charge in [-0.2, -0.15) is 0 Å². The number of carbonyl (C=O) groups excluding carboxylic acids is 1. The quantitative estimate of drug-likeness (QED) is 0.762. The Morgan fingerprint density at radius 1 is 1.47 bits per heavy atom. The van der Waals surface area contributed by atoms with Crippen LogP contribution in [0.3, 0.4) is 0 Å². The molecule has 0 radical (unpaired) electrons. The molecule has 0 fully saturated rings. The van der Waals surface area contributed by atoms with Gasteiger partial charge in [-0.15, -0.1) is 0 Å². The van der Waals surface area contributed by atoms with Crippen LogP contribution in [0.2, 0.25) is 5.02 Å². The summed E-state index contributed by atoms with van der Waals surface area (Å²) in [5.41, 5.74) is 0. The SMILES string of the molecule is O=C(O)C=CC(=O)Nc1cc(Cl)ccn1. The Morgan fingerprint density at radius 2 is 2.20 bits per heavy atom. The number of rotatable bonds is 3. The summed E-state index contributed by atoms with van der Waals surface area (Å²) in [6.45, 7) is 0. The first-order chi connectivity index (χ1) is 7.08. The topological polar surface area (TPSA) is 79.3 Å². The number of hydrogen-bond donors (Lipinski definition) is 2. The molecule has 0 spiro atoms. The first-order valence-electron chi connectivity index (χ1n) is 3.91. The summed E-state index contributed by atoms with van der Waals surface area (Å²) in [4.78, 5) is 25.0. The summed E-state index contributed by atoms with van der Waals surface area (Å²) >= 11 is 5.65. The van der Waals surface area contributed by atoms with E-state index in [0.717, 1.165) is 12.2 Å². The van der Waals surface area contributed by atoms with Crippen molar-refractivity contribution >= 4 is 29.3 Å². The van der Waals surface area contributed by atoms with Gasteiger partial charge in [0.15, 0.2) is 0 Å². The Morgan fingerprint density at radius 3 is 2.80 bits per heavy atom. The van der Waals surface area contributed by atoms with E-state index >= 15 is 0 Å². The van der Waals surface area contributed by atoms with Gasteiger partial charge in [0.2, 0.25) is 5.91 Å². The lowest BCUT2D eigenvalue weighted by Crippen LogP contribution is -2.09. The van der Waals surface area contributed by atoms with Crippen LogP contribution >= 0.6 is 11.6 Å². The zero-order valence-corrected chi connectivity index (χ0v) is 8.23. The van der Waals surface area contributed by atoms with E-state index in [-0.39, 0.29) is 5.82 Å². The maximum atomic E-state index is 11.1. The average molecular weight is 227 g/mol. The number of nitrogens with one attached hydrogen (secondary N) is 1. The lowest BCUT2D eigenvalue weighted by Gasteiger charge is -1.99. The number of pyridine rings is 1. The van der Waals surface area contributed by atoms with E-state index in [4.69, 9.17) is 16.7 Å². The van der Waals surface area contributed by atoms with Crippen molar-refractivity contribution in [2.75, 3.05) is 5.32 Å². The van der Waals surface area contributed by atoms with Crippen molar-refractivity contribution in [3.05, 3.63) is 35.5 Å². The van der Waals surface area contributed by atoms with Crippen LogP contribution in [0.4, 0.5) is 5.82 Å². The van der Waals surface area contributed by atoms with Crippen LogP contribution in [0.25, 0.3) is 0 Å². The first-order valence-corrected chi connectivity index (χ1v) is 4.29. The number of hydrogen-bond acceptors (Lipinski definition) is 3. The minimum Gasteiger partial charge on any atom is -0.478 e. The Bertz CT molecular complexity index is 418. The molecule has 0 atom stereocenters. The Balaban J connectivity index is 2.63. The first kappa shape index (κ1) is 11.2. The van der Waals surface area contributed by atoms with Crippen molar-refractivity contribution in [1.82, 2.24) is 4.98 Å². The molecule has 1 rings (SSSR count). The van der Waals surface area contributed by atoms with Crippen molar-refractivity contribution in [2.24, 2.45) is 0 Å². The summed E-state index contributed by atoms with van der Waals surface area (Å²) < 4.78 is 0. The highest BCUT2D eigenvalue weighted by atomic mass is 35.5. The Labute approximate surface area is 90.4 Å². The number of amides is 1. The van der Waals surface area contributed by atoms with Crippen molar-refractivity contribution in [2.45, 2.75) is 0 Å². The number of carboxylic acids is 1. The molecule has 6 heteroatoms. The third kappa shape index (κ3) is 4.24. The molecule has 0 aliphatic rings. The van der Waals surface area contributed by atoms with Crippen molar-refractivity contribution in [3.8, 4) is 0 Å². The molecular weight excluding hydrogens is 220 g/mol. The molecule has 0 aliphatic heterocycles. The van der Waals surface area contributed by atoms with Crippen LogP contribution in [-0.2, 0) is 9.59 Å². The van der Waals surface area contributed by atoms with Crippen molar-refractivity contribution < 1.29 is 14.7 Å². The van der Waals surface area contributed by atoms with Gasteiger partial charge in [-0.25, -0.2) is 9.78 Å². The zero-order valence-electron chi connectivity index (χ0n) is 7.48. The largest absolute Gasteiger partial charge is 0.478 e. The van der Waals surface area contributed by atoms with E-state index < -0.39 is 11.9 Å². The average Bonchev–Trinajstić information content (AvgIpc) is 2.15. The minimum absolute atomic E-state index is 0.266. The maximum absolute atomic E-state index is 11.1. The van der Waals surface area contributed by atoms with Crippen LogP contribution in [0.15, 0.2) is 30.5 Å². The number of aromatic nitrogens is 1. The van der Waals surface area contributed by atoms with Crippen LogP contribution in [-0.4, -0.2) is 22.0 Å². The van der Waals surface area contributed by atoms with Crippen LogP contribution in [0, 0.1) is 0 Å². The van der Waals surface area contributed by atoms with Gasteiger partial charge in [-0.3, -0.25) is 4.79 Å². The number of nitrogens with zero attached hydrogens (tertiary/aromatic N) is 1. The Hall–Kier alpha value is -1.88. The predicted molar refractivity (Wildman–Crippen MR) is 54.7 cm³/mol. The van der Waals surface area contributed by atoms with Crippen LogP contribution in [0.5, 0.6) is 0 Å². The number of halogens is 1. The van der Waals surface area contributed by atoms with Crippen molar-refractivity contribution in [1.29, 1.82) is 0 Å². The van der Waals surface area contributed by atoms with Gasteiger partial charge in [-0.1, -0.05) is 11.6 Å². The van der Waals surface area contributed by atoms with Gasteiger partial charge >= 0.3 is 5.97 Å². The van der Waals surface area contributed by atoms with Gasteiger partial charge in [-0.05, 0) is 12.1 Å². The molecule has 78 valence electrons. The van der Waals surface area contributed by atoms with Gasteiger partial charge in [0.1, 0.15) is 5.82 Å². The summed E-state index contributed by atoms with van der Waals surface area (Å²) in [6, 6.07) is 3.01. The Kier molecular flexibility index (Phi) is 3.82. The molecule has 5 nitrogen and oxygen atoms in total. The molecule has 1 aromatic heterocycles. The summed E-state index contributed by atoms with van der Waals surface area (Å²) in [7, 11) is 0. The molecule has 0 unspecified atom stereocenters. The molecule has 0 saturated carbocycles. The van der Waals surface area contributed by atoms with E-state index in [1.807, 2.05) is 0 Å². The second kappa shape index (κ2) is 5.11. The third-order valence-electron chi connectivity index (χ3n) is 1.35. The molecule has 0 aromatic carbocycles. The van der Waals surface area contributed by atoms with E-state index in [9.17, 15) is 9.59 Å². The van der Waals surface area contributed by atoms with Crippen LogP contribution in [0.1, 0.15) is 0 Å². The number of carbonyl (C=O) groups is 2. The van der Waals surface area contributed by atoms with E-state index in [1.165, 1.54) is 12.3 Å². The van der Waals surface area contributed by atoms with E-state index in [2.05, 4.69) is 10.3 Å². The van der Waals surface area contributed by atoms with E-state index in [0.29, 0.717) is 5.02 Å². The second-order valence-corrected chi connectivity index (χ2v) is 2.96. The normalized spacial score (nSPS) is 10.2. The summed E-state index contributed by atoms with van der Waals surface area (Å²) in [6.07, 6.45) is 3.06. The molecule has 0 aliphatic carbocycles. The lowest BCUT2D eigenvalue weighted by molar-refractivity contribution is -0.131. The standard InChI is InChI=1S/C9H7ClN2O3/c10-6-3-4-11-7(5-6)12-8(13)1-2-9(14)15/h1-5H,(H,14,15)(H,11,12,13). The fourth-order valence-corrected chi connectivity index (χ4v) is 0.948. The highest BCUT2D eigenvalue weighted by molar-refractivity contribution is 6.30. The molecule has 2 N–H and O–H groups in total. The molecule has 15 heavy (non-hydrogen) atoms. The molecule has 1 heterocycles. The monoisotopic (exact) mass is 226 g/mol. The van der Waals surface area contributed by atoms with Gasteiger partial charge in [0, 0.05) is 23.4 Å². The van der Waals surface area contributed by atoms with Crippen LogP contribution < -0.4 is 5.32 Å². The fraction of sp³-hybridized carbons (Fsp3) is 0. The smallest absolute Gasteiger partial charge is 0.328 e. The highest BCUT2D eigenvalue weighted by Crippen LogP contribution is 2.11. The third-order valence-corrected chi connectivity index (χ3v) is 1.59. The highest BCUT2D eigenvalue weighted by Gasteiger charge is 2.00. The summed E-state index contributed by atoms with van der Waals surface area (Å²) in [5.74, 6) is -1.50. The number of anilines is 1. The minimum atomic E-state index is -1.19. The molecule has 1 amide bonds. The van der Waals surface area contributed by atoms with Gasteiger partial charge in [0.25, 0.3) is 0 Å². The zero-order chi connectivity index (χ0) is 11.3. The maximum Gasteiger partial charge on any atom is 0.328 e. The molecule has 0 bridgehead atoms. The number of carboxylic acid groups (broad SMARTS) is 1. The second-order valence-electron chi connectivity index (χ2n) is 2.52. The molecule has 1 aromatic rings. The number of aliphatic carboxylic acids is 1. The summed E-state index contributed by atoms with van der Waals surface area (Å²) in [5, 5.41) is 11.1. The van der Waals surface area contributed by atoms with E-state index in [1.54, 1.807) is 6.07 Å². The molecule has 0 saturated heterocycles. The van der Waals surface area contributed by atoms with Crippen molar-refractivity contribution in [3.63, 3.8) is 0 Å².